The average molecular weight is 267 g/mol. The van der Waals surface area contributed by atoms with Gasteiger partial charge in [-0.3, -0.25) is 0 Å². The molecule has 0 aliphatic rings. The van der Waals surface area contributed by atoms with Gasteiger partial charge < -0.3 is 9.88 Å². The van der Waals surface area contributed by atoms with E-state index in [-0.39, 0.29) is 0 Å². The molecule has 5 heteroatoms. The van der Waals surface area contributed by atoms with Crippen LogP contribution in [0.1, 0.15) is 17.1 Å². The number of aromatic nitrogens is 4. The van der Waals surface area contributed by atoms with Crippen LogP contribution < -0.4 is 5.32 Å². The van der Waals surface area contributed by atoms with Gasteiger partial charge in [-0.05, 0) is 38.5 Å². The van der Waals surface area contributed by atoms with E-state index in [1.807, 2.05) is 33.0 Å². The minimum Gasteiger partial charge on any atom is -0.340 e. The zero-order chi connectivity index (χ0) is 14.3. The maximum Gasteiger partial charge on any atom is 0.133 e. The molecule has 0 saturated carbocycles. The monoisotopic (exact) mass is 267 g/mol. The lowest BCUT2D eigenvalue weighted by Crippen LogP contribution is -1.97. The van der Waals surface area contributed by atoms with Gasteiger partial charge in [0.15, 0.2) is 0 Å². The van der Waals surface area contributed by atoms with Gasteiger partial charge >= 0.3 is 0 Å². The van der Waals surface area contributed by atoms with Gasteiger partial charge in [-0.1, -0.05) is 0 Å². The molecule has 1 N–H and O–H groups in total. The van der Waals surface area contributed by atoms with Gasteiger partial charge in [0.25, 0.3) is 0 Å². The van der Waals surface area contributed by atoms with Crippen molar-refractivity contribution in [3.63, 3.8) is 0 Å². The summed E-state index contributed by atoms with van der Waals surface area (Å²) in [5.74, 6) is 1.81. The summed E-state index contributed by atoms with van der Waals surface area (Å²) >= 11 is 0. The summed E-state index contributed by atoms with van der Waals surface area (Å²) in [6.07, 6.45) is 1.56. The molecule has 5 nitrogen and oxygen atoms in total. The molecule has 3 aromatic rings. The molecule has 3 rings (SSSR count). The molecule has 20 heavy (non-hydrogen) atoms. The van der Waals surface area contributed by atoms with E-state index in [0.717, 1.165) is 28.5 Å². The van der Waals surface area contributed by atoms with Crippen molar-refractivity contribution in [2.45, 2.75) is 20.8 Å². The van der Waals surface area contributed by atoms with Crippen molar-refractivity contribution in [1.82, 2.24) is 19.5 Å². The van der Waals surface area contributed by atoms with Crippen molar-refractivity contribution < 1.29 is 0 Å². The number of aryl methyl sites for hydroxylation is 4. The molecule has 0 bridgehead atoms. The van der Waals surface area contributed by atoms with Gasteiger partial charge in [0, 0.05) is 24.5 Å². The lowest BCUT2D eigenvalue weighted by atomic mass is 10.2. The number of rotatable bonds is 2. The lowest BCUT2D eigenvalue weighted by molar-refractivity contribution is 0.883. The molecule has 2 heterocycles. The van der Waals surface area contributed by atoms with E-state index in [0.29, 0.717) is 0 Å². The van der Waals surface area contributed by atoms with Crippen molar-refractivity contribution in [3.8, 4) is 0 Å². The quantitative estimate of drug-likeness (QED) is 0.775. The highest BCUT2D eigenvalue weighted by Crippen LogP contribution is 2.25. The summed E-state index contributed by atoms with van der Waals surface area (Å²) in [4.78, 5) is 12.9. The Hall–Kier alpha value is -2.43. The third kappa shape index (κ3) is 2.11. The molecule has 1 aromatic carbocycles. The third-order valence-corrected chi connectivity index (χ3v) is 3.46. The number of imidazole rings is 1. The summed E-state index contributed by atoms with van der Waals surface area (Å²) in [6.45, 7) is 6.06. The summed E-state index contributed by atoms with van der Waals surface area (Å²) in [5.41, 5.74) is 5.30. The summed E-state index contributed by atoms with van der Waals surface area (Å²) in [7, 11) is 2.04. The second-order valence-corrected chi connectivity index (χ2v) is 5.05. The molecular formula is C15H17N5. The Morgan fingerprint density at radius 3 is 2.60 bits per heavy atom. The van der Waals surface area contributed by atoms with E-state index in [9.17, 15) is 0 Å². The van der Waals surface area contributed by atoms with Crippen LogP contribution in [0, 0.1) is 20.8 Å². The van der Waals surface area contributed by atoms with Crippen LogP contribution in [0.15, 0.2) is 24.5 Å². The molecule has 0 fully saturated rings. The molecule has 0 aliphatic heterocycles. The van der Waals surface area contributed by atoms with Crippen LogP contribution in [0.5, 0.6) is 0 Å². The zero-order valence-corrected chi connectivity index (χ0v) is 12.1. The molecule has 0 radical (unpaired) electrons. The molecule has 0 atom stereocenters. The van der Waals surface area contributed by atoms with Crippen molar-refractivity contribution in [2.75, 3.05) is 5.32 Å². The highest BCUT2D eigenvalue weighted by molar-refractivity contribution is 5.84. The van der Waals surface area contributed by atoms with E-state index in [1.165, 1.54) is 11.1 Å². The van der Waals surface area contributed by atoms with Crippen LogP contribution in [0.25, 0.3) is 11.0 Å². The Morgan fingerprint density at radius 1 is 1.05 bits per heavy atom. The Bertz CT molecular complexity index is 788. The minimum absolute atomic E-state index is 0.795. The van der Waals surface area contributed by atoms with Crippen LogP contribution in [0.2, 0.25) is 0 Å². The number of anilines is 2. The van der Waals surface area contributed by atoms with E-state index in [1.54, 1.807) is 6.33 Å². The highest BCUT2D eigenvalue weighted by atomic mass is 15.1. The highest BCUT2D eigenvalue weighted by Gasteiger charge is 2.09. The Morgan fingerprint density at radius 2 is 1.85 bits per heavy atom. The summed E-state index contributed by atoms with van der Waals surface area (Å²) in [5, 5.41) is 3.31. The first-order chi connectivity index (χ1) is 9.54. The molecule has 0 amide bonds. The Balaban J connectivity index is 2.05. The molecule has 2 aromatic heterocycles. The molecule has 102 valence electrons. The fraction of sp³-hybridized carbons (Fsp3) is 0.267. The number of hydrogen-bond donors (Lipinski definition) is 1. The molecule has 0 saturated heterocycles. The largest absolute Gasteiger partial charge is 0.340 e. The average Bonchev–Trinajstić information content (AvgIpc) is 2.65. The van der Waals surface area contributed by atoms with Crippen LogP contribution in [0.4, 0.5) is 11.5 Å². The van der Waals surface area contributed by atoms with E-state index >= 15 is 0 Å². The normalized spacial score (nSPS) is 11.0. The van der Waals surface area contributed by atoms with E-state index < -0.39 is 0 Å². The molecule has 0 aliphatic carbocycles. The molecule has 0 unspecified atom stereocenters. The van der Waals surface area contributed by atoms with E-state index in [4.69, 9.17) is 0 Å². The fourth-order valence-electron chi connectivity index (χ4n) is 2.44. The molecule has 0 spiro atoms. The van der Waals surface area contributed by atoms with Gasteiger partial charge in [-0.25, -0.2) is 15.0 Å². The number of fused-ring (bicyclic) bond motifs is 1. The summed E-state index contributed by atoms with van der Waals surface area (Å²) < 4.78 is 2.11. The maximum atomic E-state index is 4.58. The topological polar surface area (TPSA) is 55.6 Å². The van der Waals surface area contributed by atoms with Gasteiger partial charge in [0.2, 0.25) is 0 Å². The summed E-state index contributed by atoms with van der Waals surface area (Å²) in [6, 6.07) is 6.08. The molecular weight excluding hydrogens is 250 g/mol. The number of hydrogen-bond acceptors (Lipinski definition) is 4. The van der Waals surface area contributed by atoms with Crippen LogP contribution in [-0.2, 0) is 7.05 Å². The van der Waals surface area contributed by atoms with Crippen molar-refractivity contribution in [3.05, 3.63) is 41.6 Å². The first kappa shape index (κ1) is 12.6. The number of nitrogens with one attached hydrogen (secondary N) is 1. The predicted octanol–water partition coefficient (Wildman–Crippen LogP) is 3.03. The number of benzene rings is 1. The minimum atomic E-state index is 0.795. The zero-order valence-electron chi connectivity index (χ0n) is 12.1. The van der Waals surface area contributed by atoms with Crippen molar-refractivity contribution >= 4 is 22.5 Å². The van der Waals surface area contributed by atoms with Gasteiger partial charge in [-0.2, -0.15) is 0 Å². The van der Waals surface area contributed by atoms with Gasteiger partial charge in [0.05, 0.1) is 11.0 Å². The second kappa shape index (κ2) is 4.59. The smallest absolute Gasteiger partial charge is 0.133 e. The van der Waals surface area contributed by atoms with Crippen molar-refractivity contribution in [2.24, 2.45) is 7.05 Å². The van der Waals surface area contributed by atoms with Crippen molar-refractivity contribution in [1.29, 1.82) is 0 Å². The second-order valence-electron chi connectivity index (χ2n) is 5.05. The van der Waals surface area contributed by atoms with Crippen LogP contribution >= 0.6 is 0 Å². The first-order valence-corrected chi connectivity index (χ1v) is 6.54. The predicted molar refractivity (Wildman–Crippen MR) is 80.2 cm³/mol. The fourth-order valence-corrected chi connectivity index (χ4v) is 2.44. The van der Waals surface area contributed by atoms with Crippen LogP contribution in [-0.4, -0.2) is 19.5 Å². The van der Waals surface area contributed by atoms with Gasteiger partial charge in [0.1, 0.15) is 18.0 Å². The SMILES string of the molecule is Cc1cc(Nc2cc(C)c3c(c2)nc(C)n3C)ncn1. The van der Waals surface area contributed by atoms with Crippen LogP contribution in [0.3, 0.4) is 0 Å². The first-order valence-electron chi connectivity index (χ1n) is 6.54. The Kier molecular flexibility index (Phi) is 2.89. The lowest BCUT2D eigenvalue weighted by Gasteiger charge is -2.08. The maximum absolute atomic E-state index is 4.58. The van der Waals surface area contributed by atoms with Gasteiger partial charge in [-0.15, -0.1) is 0 Å². The Labute approximate surface area is 117 Å². The van der Waals surface area contributed by atoms with E-state index in [2.05, 4.69) is 37.8 Å². The number of nitrogens with zero attached hydrogens (tertiary/aromatic N) is 4. The third-order valence-electron chi connectivity index (χ3n) is 3.46. The standard InChI is InChI=1S/C15H17N5/c1-9-5-12(19-14-6-10(2)16-8-17-14)7-13-15(9)20(4)11(3)18-13/h5-8H,1-4H3,(H,16,17,19).